The molecule has 0 bridgehead atoms. The monoisotopic (exact) mass is 1250 g/mol. The fraction of sp³-hybridized carbons (Fsp3) is 0.0345. The van der Waals surface area contributed by atoms with Crippen LogP contribution in [-0.4, -0.2) is 14.1 Å². The van der Waals surface area contributed by atoms with Crippen LogP contribution in [-0.2, 0) is 0 Å². The molecule has 454 valence electrons. The normalized spacial score (nSPS) is 13.8. The zero-order valence-electron chi connectivity index (χ0n) is 49.0. The first-order chi connectivity index (χ1) is 45.0. The van der Waals surface area contributed by atoms with Crippen LogP contribution >= 0.6 is 20.1 Å². The fourth-order valence-corrected chi connectivity index (χ4v) is 25.0. The Morgan fingerprint density at radius 1 is 0.223 bits per heavy atom. The van der Waals surface area contributed by atoms with E-state index in [0.717, 1.165) is 20.9 Å². The average molecular weight is 1250 g/mol. The molecule has 1 N–H and O–H groups in total. The van der Waals surface area contributed by atoms with Gasteiger partial charge in [-0.1, -0.05) is 229 Å². The van der Waals surface area contributed by atoms with Crippen molar-refractivity contribution in [1.82, 2.24) is 14.1 Å². The van der Waals surface area contributed by atoms with Crippen molar-refractivity contribution < 1.29 is 8.78 Å². The van der Waals surface area contributed by atoms with E-state index < -0.39 is 20.1 Å². The summed E-state index contributed by atoms with van der Waals surface area (Å²) in [5.41, 5.74) is 18.3. The van der Waals surface area contributed by atoms with Gasteiger partial charge in [0.25, 0.3) is 0 Å². The van der Waals surface area contributed by atoms with Crippen LogP contribution < -0.4 is 0 Å². The van der Waals surface area contributed by atoms with Gasteiger partial charge >= 0.3 is 0 Å². The van der Waals surface area contributed by atoms with Crippen molar-refractivity contribution in [3.05, 3.63) is 327 Å². The van der Waals surface area contributed by atoms with Crippen LogP contribution in [0.5, 0.6) is 0 Å². The lowest BCUT2D eigenvalue weighted by atomic mass is 10.0. The van der Waals surface area contributed by atoms with Crippen molar-refractivity contribution in [1.29, 1.82) is 0 Å². The number of fused-ring (bicyclic) bond motifs is 29. The van der Waals surface area contributed by atoms with Crippen LogP contribution in [0, 0.1) is 11.6 Å². The maximum atomic E-state index is 15.0. The third-order valence-corrected chi connectivity index (χ3v) is 27.3. The van der Waals surface area contributed by atoms with Crippen molar-refractivity contribution in [2.24, 2.45) is 0 Å². The maximum Gasteiger partial charge on any atom is 0.132 e. The zero-order chi connectivity index (χ0) is 60.1. The highest BCUT2D eigenvalue weighted by Gasteiger charge is 2.51. The van der Waals surface area contributed by atoms with Gasteiger partial charge in [-0.3, -0.25) is 0 Å². The second-order valence-electron chi connectivity index (χ2n) is 23.7. The highest BCUT2D eigenvalue weighted by molar-refractivity contribution is 8.35. The SMILES string of the molecule is C.C.C.Fc1cccc2c1-c1c(F)cccc1S21c2ccccc2-c2ccccc21.c1ccc2c(c1)-c1ccccc1S21c2cccc(-n3c4ccccc4c4ccccc43)c2-c2c(-n3c4ccccc4c4ccccc43)cccc21.c1ccc2c(c1)[nH]c1ccccc12. The van der Waals surface area contributed by atoms with Gasteiger partial charge in [-0.15, -0.1) is 20.1 Å². The van der Waals surface area contributed by atoms with Crippen LogP contribution in [0.2, 0.25) is 0 Å². The Morgan fingerprint density at radius 2 is 0.468 bits per heavy atom. The molecule has 4 aliphatic rings. The number of aromatic amines is 1. The molecule has 7 heterocycles. The van der Waals surface area contributed by atoms with Crippen molar-refractivity contribution in [3.8, 4) is 55.9 Å². The summed E-state index contributed by atoms with van der Waals surface area (Å²) in [5, 5.41) is 7.71. The maximum absolute atomic E-state index is 15.0. The molecule has 0 amide bonds. The van der Waals surface area contributed by atoms with Gasteiger partial charge in [0.1, 0.15) is 11.6 Å². The highest BCUT2D eigenvalue weighted by Crippen LogP contribution is 2.87. The van der Waals surface area contributed by atoms with Gasteiger partial charge in [0, 0.05) is 105 Å². The second kappa shape index (κ2) is 22.1. The van der Waals surface area contributed by atoms with Gasteiger partial charge < -0.3 is 14.1 Å². The molecule has 2 spiro atoms. The molecule has 0 atom stereocenters. The first-order valence-corrected chi connectivity index (χ1v) is 34.1. The van der Waals surface area contributed by atoms with Crippen LogP contribution in [0.15, 0.2) is 355 Å². The molecule has 4 aliphatic heterocycles. The molecule has 7 heteroatoms. The van der Waals surface area contributed by atoms with E-state index in [0.29, 0.717) is 11.1 Å². The topological polar surface area (TPSA) is 25.6 Å². The third kappa shape index (κ3) is 7.74. The summed E-state index contributed by atoms with van der Waals surface area (Å²) >= 11 is 0. The van der Waals surface area contributed by atoms with E-state index in [1.807, 2.05) is 36.4 Å². The summed E-state index contributed by atoms with van der Waals surface area (Å²) < 4.78 is 35.0. The fourth-order valence-electron chi connectivity index (χ4n) is 15.8. The molecule has 0 aliphatic carbocycles. The molecule has 0 saturated carbocycles. The predicted molar refractivity (Wildman–Crippen MR) is 393 cm³/mol. The largest absolute Gasteiger partial charge is 0.355 e. The molecule has 3 aromatic heterocycles. The number of nitrogens with one attached hydrogen (secondary N) is 1. The smallest absolute Gasteiger partial charge is 0.132 e. The first kappa shape index (κ1) is 58.1. The lowest BCUT2D eigenvalue weighted by Crippen LogP contribution is -2.01. The predicted octanol–water partition coefficient (Wildman–Crippen LogP) is 25.7. The van der Waals surface area contributed by atoms with Crippen LogP contribution in [0.25, 0.3) is 121 Å². The number of aromatic nitrogens is 3. The molecule has 14 aromatic carbocycles. The summed E-state index contributed by atoms with van der Waals surface area (Å²) in [6, 6.07) is 112. The van der Waals surface area contributed by atoms with Gasteiger partial charge in [0.15, 0.2) is 0 Å². The van der Waals surface area contributed by atoms with Gasteiger partial charge in [-0.2, -0.15) is 0 Å². The van der Waals surface area contributed by atoms with Crippen molar-refractivity contribution in [3.63, 3.8) is 0 Å². The molecular weight excluding hydrogens is 1190 g/mol. The molecule has 0 fully saturated rings. The Balaban J connectivity index is 0.000000135. The molecule has 0 unspecified atom stereocenters. The Hall–Kier alpha value is -11.0. The van der Waals surface area contributed by atoms with E-state index in [1.165, 1.54) is 141 Å². The van der Waals surface area contributed by atoms with E-state index in [2.05, 4.69) is 269 Å². The molecule has 17 aromatic rings. The number of hydrogen-bond acceptors (Lipinski definition) is 0. The summed E-state index contributed by atoms with van der Waals surface area (Å²) in [6.45, 7) is 0. The number of hydrogen-bond donors (Lipinski definition) is 1. The van der Waals surface area contributed by atoms with Gasteiger partial charge in [-0.05, 0) is 131 Å². The minimum Gasteiger partial charge on any atom is -0.355 e. The molecule has 21 rings (SSSR count). The van der Waals surface area contributed by atoms with Crippen molar-refractivity contribution >= 4 is 85.5 Å². The first-order valence-electron chi connectivity index (χ1n) is 30.9. The second-order valence-corrected chi connectivity index (χ2v) is 29.7. The highest BCUT2D eigenvalue weighted by atomic mass is 32.3. The Bertz CT molecular complexity index is 5460. The number of H-pyrrole nitrogens is 1. The lowest BCUT2D eigenvalue weighted by molar-refractivity contribution is 0.612. The van der Waals surface area contributed by atoms with Gasteiger partial charge in [0.05, 0.1) is 33.4 Å². The number of halogens is 2. The average Bonchev–Trinajstić information content (AvgIpc) is 1.51. The number of para-hydroxylation sites is 6. The zero-order valence-corrected chi connectivity index (χ0v) is 50.6. The quantitative estimate of drug-likeness (QED) is 0.179. The Morgan fingerprint density at radius 3 is 0.798 bits per heavy atom. The van der Waals surface area contributed by atoms with E-state index in [4.69, 9.17) is 0 Å². The van der Waals surface area contributed by atoms with E-state index >= 15 is 0 Å². The van der Waals surface area contributed by atoms with E-state index in [-0.39, 0.29) is 33.9 Å². The van der Waals surface area contributed by atoms with Crippen LogP contribution in [0.3, 0.4) is 0 Å². The van der Waals surface area contributed by atoms with E-state index in [1.54, 1.807) is 12.1 Å². The Kier molecular flexibility index (Phi) is 13.7. The van der Waals surface area contributed by atoms with Crippen molar-refractivity contribution in [2.75, 3.05) is 0 Å². The molecule has 0 radical (unpaired) electrons. The lowest BCUT2D eigenvalue weighted by Gasteiger charge is -2.36. The summed E-state index contributed by atoms with van der Waals surface area (Å²) in [4.78, 5) is 13.2. The van der Waals surface area contributed by atoms with E-state index in [9.17, 15) is 8.78 Å². The minimum atomic E-state index is -1.89. The summed E-state index contributed by atoms with van der Waals surface area (Å²) in [5.74, 6) is -0.713. The van der Waals surface area contributed by atoms with Crippen LogP contribution in [0.1, 0.15) is 22.3 Å². The molecule has 0 saturated heterocycles. The number of rotatable bonds is 2. The molecule has 94 heavy (non-hydrogen) atoms. The summed E-state index contributed by atoms with van der Waals surface area (Å²) in [7, 11) is -3.72. The summed E-state index contributed by atoms with van der Waals surface area (Å²) in [6.07, 6.45) is 0. The number of nitrogens with zero attached hydrogens (tertiary/aromatic N) is 2. The van der Waals surface area contributed by atoms with Gasteiger partial charge in [0.2, 0.25) is 0 Å². The van der Waals surface area contributed by atoms with Crippen molar-refractivity contribution in [2.45, 2.75) is 61.4 Å². The standard InChI is InChI=1S/C48H30N2S.C24H14F2S.C12H9N.3CH4/c1-7-21-37-31(15-1)32-16-2-8-22-38(32)49(37)41-25-13-29-45-47(41)48-42(50-39-23-9-3-17-33(39)34-18-4-10-24-40(34)50)26-14-30-46(48)51(45)43-27-11-5-19-35(43)36-20-6-12-28-44(36)51;25-17-9-5-13-21-23(17)24-18(26)10-6-14-22(24)27(21)19-11-3-1-7-15(19)16-8-2-4-12-20(16)27;1-3-7-11-9(5-1)10-6-2-4-8-12(10)13-11;;;/h1-30H;1-14H;1-8,13H;3*1H4. The molecule has 3 nitrogen and oxygen atoms in total. The van der Waals surface area contributed by atoms with Crippen LogP contribution in [0.4, 0.5) is 8.78 Å². The number of benzene rings is 14. The Labute approximate surface area is 549 Å². The minimum absolute atomic E-state index is 0. The van der Waals surface area contributed by atoms with Gasteiger partial charge in [-0.25, -0.2) is 8.78 Å². The third-order valence-electron chi connectivity index (χ3n) is 19.3. The molecular formula is C87H65F2N3S2.